The molecule has 2 aliphatic rings. The molecule has 0 aromatic carbocycles. The number of furan rings is 1. The van der Waals surface area contributed by atoms with Crippen molar-refractivity contribution in [3.63, 3.8) is 0 Å². The van der Waals surface area contributed by atoms with Crippen LogP contribution in [0, 0.1) is 17.8 Å². The molecule has 1 aromatic heterocycles. The third-order valence-electron chi connectivity index (χ3n) is 4.85. The maximum Gasteiger partial charge on any atom is 0.373 e. The molecule has 2 saturated carbocycles. The second kappa shape index (κ2) is 5.60. The largest absolute Gasteiger partial charge is 0.463 e. The van der Waals surface area contributed by atoms with E-state index < -0.39 is 5.97 Å². The Morgan fingerprint density at radius 2 is 2.10 bits per heavy atom. The summed E-state index contributed by atoms with van der Waals surface area (Å²) >= 11 is 0. The zero-order chi connectivity index (χ0) is 14.1. The first kappa shape index (κ1) is 13.7. The summed E-state index contributed by atoms with van der Waals surface area (Å²) in [6, 6.07) is 3.88. The Morgan fingerprint density at radius 3 is 2.70 bits per heavy atom. The highest BCUT2D eigenvalue weighted by Crippen LogP contribution is 2.60. The first-order chi connectivity index (χ1) is 9.76. The molecule has 0 bridgehead atoms. The van der Waals surface area contributed by atoms with Gasteiger partial charge in [-0.15, -0.1) is 0 Å². The molecule has 0 aliphatic heterocycles. The van der Waals surface area contributed by atoms with E-state index in [0.29, 0.717) is 11.7 Å². The van der Waals surface area contributed by atoms with E-state index >= 15 is 0 Å². The van der Waals surface area contributed by atoms with Crippen molar-refractivity contribution in [3.05, 3.63) is 23.7 Å². The number of carbonyl (C=O) groups is 1. The molecule has 20 heavy (non-hydrogen) atoms. The summed E-state index contributed by atoms with van der Waals surface area (Å²) in [5.41, 5.74) is 0. The van der Waals surface area contributed by atoms with Crippen molar-refractivity contribution in [2.45, 2.75) is 38.6 Å². The lowest BCUT2D eigenvalue weighted by Gasteiger charge is -2.15. The third kappa shape index (κ3) is 2.37. The number of nitrogens with one attached hydrogen (secondary N) is 1. The van der Waals surface area contributed by atoms with E-state index in [4.69, 9.17) is 9.15 Å². The van der Waals surface area contributed by atoms with Gasteiger partial charge in [-0.05, 0) is 49.3 Å². The van der Waals surface area contributed by atoms with Gasteiger partial charge in [0.05, 0.1) is 13.2 Å². The van der Waals surface area contributed by atoms with E-state index in [0.717, 1.165) is 24.1 Å². The number of rotatable bonds is 5. The molecule has 4 heteroatoms. The fourth-order valence-corrected chi connectivity index (χ4v) is 3.92. The summed E-state index contributed by atoms with van der Waals surface area (Å²) in [6.07, 6.45) is 5.42. The molecule has 3 rings (SSSR count). The average Bonchev–Trinajstić information content (AvgIpc) is 2.98. The van der Waals surface area contributed by atoms with Crippen molar-refractivity contribution < 1.29 is 13.9 Å². The number of carbonyl (C=O) groups excluding carboxylic acids is 1. The number of ether oxygens (including phenoxy) is 1. The van der Waals surface area contributed by atoms with Gasteiger partial charge in [0, 0.05) is 0 Å². The summed E-state index contributed by atoms with van der Waals surface area (Å²) in [5.74, 6) is 3.15. The number of methoxy groups -OCH3 is 1. The van der Waals surface area contributed by atoms with Crippen LogP contribution in [0.1, 0.15) is 55.0 Å². The maximum absolute atomic E-state index is 11.5. The summed E-state index contributed by atoms with van der Waals surface area (Å²) < 4.78 is 10.4. The van der Waals surface area contributed by atoms with Gasteiger partial charge in [-0.2, -0.15) is 0 Å². The third-order valence-corrected chi connectivity index (χ3v) is 4.85. The van der Waals surface area contributed by atoms with Gasteiger partial charge in [0.15, 0.2) is 0 Å². The highest BCUT2D eigenvalue weighted by atomic mass is 16.5. The summed E-state index contributed by atoms with van der Waals surface area (Å²) in [4.78, 5) is 11.5. The highest BCUT2D eigenvalue weighted by Gasteiger charge is 2.55. The second-order valence-electron chi connectivity index (χ2n) is 5.92. The lowest BCUT2D eigenvalue weighted by molar-refractivity contribution is 0.0561. The first-order valence-corrected chi connectivity index (χ1v) is 7.67. The molecule has 4 nitrogen and oxygen atoms in total. The Labute approximate surface area is 119 Å². The summed E-state index contributed by atoms with van der Waals surface area (Å²) in [6.45, 7) is 3.03. The lowest BCUT2D eigenvalue weighted by atomic mass is 10.0. The van der Waals surface area contributed by atoms with Crippen molar-refractivity contribution in [2.75, 3.05) is 13.7 Å². The predicted molar refractivity (Wildman–Crippen MR) is 75.4 cm³/mol. The Hall–Kier alpha value is -1.29. The van der Waals surface area contributed by atoms with Gasteiger partial charge in [-0.3, -0.25) is 0 Å². The molecular weight excluding hydrogens is 254 g/mol. The van der Waals surface area contributed by atoms with E-state index in [1.165, 1.54) is 32.8 Å². The van der Waals surface area contributed by atoms with Gasteiger partial charge in [0.1, 0.15) is 5.76 Å². The number of hydrogen-bond donors (Lipinski definition) is 1. The van der Waals surface area contributed by atoms with Crippen LogP contribution in [0.3, 0.4) is 0 Å². The number of fused-ring (bicyclic) bond motifs is 1. The zero-order valence-corrected chi connectivity index (χ0v) is 12.2. The van der Waals surface area contributed by atoms with Gasteiger partial charge in [0.2, 0.25) is 5.76 Å². The Morgan fingerprint density at radius 1 is 1.40 bits per heavy atom. The second-order valence-corrected chi connectivity index (χ2v) is 5.92. The van der Waals surface area contributed by atoms with Crippen molar-refractivity contribution in [1.82, 2.24) is 5.32 Å². The summed E-state index contributed by atoms with van der Waals surface area (Å²) in [7, 11) is 1.38. The fourth-order valence-electron chi connectivity index (χ4n) is 3.92. The smallest absolute Gasteiger partial charge is 0.373 e. The minimum atomic E-state index is -0.403. The van der Waals surface area contributed by atoms with Crippen LogP contribution >= 0.6 is 0 Å². The molecule has 110 valence electrons. The first-order valence-electron chi connectivity index (χ1n) is 7.67. The number of hydrogen-bond acceptors (Lipinski definition) is 4. The summed E-state index contributed by atoms with van der Waals surface area (Å²) in [5, 5.41) is 3.54. The minimum Gasteiger partial charge on any atom is -0.463 e. The van der Waals surface area contributed by atoms with Crippen LogP contribution < -0.4 is 5.32 Å². The molecule has 2 fully saturated rings. The minimum absolute atomic E-state index is 0.242. The van der Waals surface area contributed by atoms with Crippen LogP contribution in [0.5, 0.6) is 0 Å². The van der Waals surface area contributed by atoms with Crippen molar-refractivity contribution in [2.24, 2.45) is 17.8 Å². The molecule has 1 aromatic rings. The molecule has 0 amide bonds. The van der Waals surface area contributed by atoms with Gasteiger partial charge >= 0.3 is 5.97 Å². The SMILES string of the molecule is CCNC(c1ccc(C(=O)OC)o1)C1C2CCCCC21. The molecule has 0 radical (unpaired) electrons. The van der Waals surface area contributed by atoms with E-state index in [9.17, 15) is 4.79 Å². The van der Waals surface area contributed by atoms with Crippen molar-refractivity contribution in [3.8, 4) is 0 Å². The molecule has 1 heterocycles. The Kier molecular flexibility index (Phi) is 3.83. The predicted octanol–water partition coefficient (Wildman–Crippen LogP) is 3.15. The van der Waals surface area contributed by atoms with Crippen molar-refractivity contribution >= 4 is 5.97 Å². The van der Waals surface area contributed by atoms with Crippen molar-refractivity contribution in [1.29, 1.82) is 0 Å². The topological polar surface area (TPSA) is 51.5 Å². The van der Waals surface area contributed by atoms with Crippen LogP contribution in [0.25, 0.3) is 0 Å². The number of esters is 1. The maximum atomic E-state index is 11.5. The lowest BCUT2D eigenvalue weighted by Crippen LogP contribution is -2.23. The van der Waals surface area contributed by atoms with Crippen LogP contribution in [-0.2, 0) is 4.74 Å². The van der Waals surface area contributed by atoms with E-state index in [2.05, 4.69) is 12.2 Å². The molecule has 0 saturated heterocycles. The Bertz CT molecular complexity index is 470. The van der Waals surface area contributed by atoms with E-state index in [-0.39, 0.29) is 6.04 Å². The molecule has 2 aliphatic carbocycles. The van der Waals surface area contributed by atoms with Crippen LogP contribution in [0.4, 0.5) is 0 Å². The fraction of sp³-hybridized carbons (Fsp3) is 0.688. The van der Waals surface area contributed by atoms with Crippen LogP contribution in [-0.4, -0.2) is 19.6 Å². The molecule has 3 unspecified atom stereocenters. The normalized spacial score (nSPS) is 29.6. The van der Waals surface area contributed by atoms with Gasteiger partial charge in [-0.1, -0.05) is 19.8 Å². The highest BCUT2D eigenvalue weighted by molar-refractivity contribution is 5.86. The molecule has 0 spiro atoms. The molecule has 3 atom stereocenters. The zero-order valence-electron chi connectivity index (χ0n) is 12.2. The molecular formula is C16H23NO3. The van der Waals surface area contributed by atoms with Gasteiger partial charge in [-0.25, -0.2) is 4.79 Å². The van der Waals surface area contributed by atoms with Crippen LogP contribution in [0.15, 0.2) is 16.5 Å². The average molecular weight is 277 g/mol. The van der Waals surface area contributed by atoms with Crippen LogP contribution in [0.2, 0.25) is 0 Å². The van der Waals surface area contributed by atoms with Gasteiger partial charge in [0.25, 0.3) is 0 Å². The van der Waals surface area contributed by atoms with E-state index in [1.54, 1.807) is 6.07 Å². The Balaban J connectivity index is 1.77. The quantitative estimate of drug-likeness (QED) is 0.840. The monoisotopic (exact) mass is 277 g/mol. The standard InChI is InChI=1S/C16H23NO3/c1-3-17-15(14-10-6-4-5-7-11(10)14)12-8-9-13(20-12)16(18)19-2/h8-11,14-15,17H,3-7H2,1-2H3. The molecule has 1 N–H and O–H groups in total. The van der Waals surface area contributed by atoms with Gasteiger partial charge < -0.3 is 14.5 Å². The van der Waals surface area contributed by atoms with E-state index in [1.807, 2.05) is 6.07 Å².